The summed E-state index contributed by atoms with van der Waals surface area (Å²) in [5.41, 5.74) is 9.30. The summed E-state index contributed by atoms with van der Waals surface area (Å²) in [6, 6.07) is 14.5. The summed E-state index contributed by atoms with van der Waals surface area (Å²) in [4.78, 5) is 53.0. The lowest BCUT2D eigenvalue weighted by Gasteiger charge is -2.02. The van der Waals surface area contributed by atoms with E-state index in [2.05, 4.69) is 33.1 Å². The van der Waals surface area contributed by atoms with Gasteiger partial charge in [-0.1, -0.05) is 68.1 Å². The summed E-state index contributed by atoms with van der Waals surface area (Å²) < 4.78 is 10.5. The average Bonchev–Trinajstić information content (AvgIpc) is 3.50. The minimum Gasteiger partial charge on any atom is -0.507 e. The Bertz CT molecular complexity index is 1830. The SMILES string of the molecule is C.C.CCCC(=O)CBr.CCOC(=O)Cc1csc(-c2cc3ccc(C)cc3oc2=N)n1.Cc1ccc(C=O)c(O)c1.N#CCC(N)=S.O=C=O. The molecule has 0 saturated heterocycles. The number of esters is 1. The van der Waals surface area contributed by atoms with E-state index in [1.807, 2.05) is 50.4 Å². The lowest BCUT2D eigenvalue weighted by atomic mass is 10.1. The molecule has 0 radical (unpaired) electrons. The number of carbonyl (C=O) groups is 3. The number of aryl methyl sites for hydroxylation is 2. The fourth-order valence-electron chi connectivity index (χ4n) is 3.44. The molecule has 0 saturated carbocycles. The molecule has 0 amide bonds. The zero-order chi connectivity index (χ0) is 37.4. The van der Waals surface area contributed by atoms with Gasteiger partial charge in [0.05, 0.1) is 52.7 Å². The number of ether oxygens (including phenoxy) is 1. The smallest absolute Gasteiger partial charge is 0.373 e. The molecule has 4 rings (SSSR count). The standard InChI is InChI=1S/C17H16N2O3S.C8H8O2.C5H9BrO.C3H4N2S.CO2.2CH4/c1-3-21-15(20)8-12-9-23-17(19-12)13-7-11-5-4-10(2)6-14(11)22-16(13)18;1-6-2-3-7(5-9)8(10)4-6;1-2-3-5(7)4-6;4-2-1-3(5)6;2-1-3;;/h4-7,9,18H,3,8H2,1-2H3;2-5,10H,1H3;2-4H2,1H3;1H2,(H2,5,6);;2*1H4. The van der Waals surface area contributed by atoms with Crippen molar-refractivity contribution in [3.05, 3.63) is 75.8 Å². The third-order valence-corrected chi connectivity index (χ3v) is 7.28. The fraction of sp³-hybridized carbons (Fsp3) is 0.333. The number of alkyl halides is 1. The molecule has 0 aliphatic heterocycles. The molecule has 0 atom stereocenters. The zero-order valence-corrected chi connectivity index (χ0v) is 30.6. The van der Waals surface area contributed by atoms with Gasteiger partial charge in [0.25, 0.3) is 0 Å². The Morgan fingerprint density at radius 1 is 1.14 bits per heavy atom. The van der Waals surface area contributed by atoms with E-state index in [4.69, 9.17) is 40.3 Å². The van der Waals surface area contributed by atoms with Crippen molar-refractivity contribution >= 4 is 79.6 Å². The second-order valence-corrected chi connectivity index (χ2v) is 11.6. The first kappa shape index (κ1) is 50.5. The number of nitrogens with zero attached hydrogens (tertiary/aromatic N) is 2. The molecule has 2 aromatic carbocycles. The molecule has 4 N–H and O–H groups in total. The predicted molar refractivity (Wildman–Crippen MR) is 206 cm³/mol. The molecule has 4 aromatic rings. The van der Waals surface area contributed by atoms with Gasteiger partial charge < -0.3 is 20.0 Å². The van der Waals surface area contributed by atoms with Crippen molar-refractivity contribution < 1.29 is 38.2 Å². The van der Waals surface area contributed by atoms with Crippen LogP contribution < -0.4 is 11.3 Å². The number of carbonyl (C=O) groups excluding carboxylic acids is 5. The number of nitrogens with two attached hydrogens (primary N) is 1. The quantitative estimate of drug-likeness (QED) is 0.0646. The molecule has 15 heteroatoms. The lowest BCUT2D eigenvalue weighted by Crippen LogP contribution is -2.08. The Kier molecular flexibility index (Phi) is 28.6. The molecule has 0 unspecified atom stereocenters. The van der Waals surface area contributed by atoms with Crippen LogP contribution in [-0.2, 0) is 30.3 Å². The van der Waals surface area contributed by atoms with Crippen molar-refractivity contribution in [1.82, 2.24) is 4.98 Å². The highest BCUT2D eigenvalue weighted by Crippen LogP contribution is 2.25. The number of hydrogen-bond donors (Lipinski definition) is 3. The number of rotatable bonds is 9. The highest BCUT2D eigenvalue weighted by atomic mass is 79.9. The molecule has 2 aromatic heterocycles. The maximum Gasteiger partial charge on any atom is 0.373 e. The summed E-state index contributed by atoms with van der Waals surface area (Å²) in [6.45, 7) is 7.97. The van der Waals surface area contributed by atoms with Crippen LogP contribution in [0.5, 0.6) is 5.75 Å². The van der Waals surface area contributed by atoms with E-state index in [0.717, 1.165) is 22.9 Å². The van der Waals surface area contributed by atoms with E-state index in [1.54, 1.807) is 31.2 Å². The van der Waals surface area contributed by atoms with Gasteiger partial charge in [-0.15, -0.1) is 11.3 Å². The van der Waals surface area contributed by atoms with E-state index >= 15 is 0 Å². The normalized spacial score (nSPS) is 8.86. The topological polar surface area (TPSA) is 214 Å². The number of thiazole rings is 1. The molecule has 0 fully saturated rings. The Hall–Kier alpha value is -4.87. The Morgan fingerprint density at radius 2 is 1.75 bits per heavy atom. The van der Waals surface area contributed by atoms with E-state index in [-0.39, 0.29) is 56.1 Å². The third kappa shape index (κ3) is 21.1. The maximum absolute atomic E-state index is 11.5. The van der Waals surface area contributed by atoms with E-state index in [9.17, 15) is 14.4 Å². The number of aldehydes is 1. The monoisotopic (exact) mass is 804 g/mol. The second kappa shape index (κ2) is 28.9. The van der Waals surface area contributed by atoms with Gasteiger partial charge in [-0.3, -0.25) is 19.8 Å². The van der Waals surface area contributed by atoms with Gasteiger partial charge in [0, 0.05) is 17.2 Å². The number of benzene rings is 2. The van der Waals surface area contributed by atoms with Gasteiger partial charge in [0.2, 0.25) is 5.55 Å². The van der Waals surface area contributed by atoms with Gasteiger partial charge in [0.15, 0.2) is 6.29 Å². The summed E-state index contributed by atoms with van der Waals surface area (Å²) >= 11 is 8.81. The first-order chi connectivity index (χ1) is 23.3. The highest BCUT2D eigenvalue weighted by Gasteiger charge is 2.13. The van der Waals surface area contributed by atoms with Crippen LogP contribution in [0.1, 0.15) is 75.1 Å². The molecule has 51 heavy (non-hydrogen) atoms. The maximum atomic E-state index is 11.5. The van der Waals surface area contributed by atoms with Crippen LogP contribution in [-0.4, -0.2) is 51.2 Å². The number of Topliss-reactive ketones (excluding diaryl/α,β-unsaturated/α-hetero) is 1. The number of thiocarbonyl (C=S) groups is 1. The first-order valence-electron chi connectivity index (χ1n) is 14.5. The summed E-state index contributed by atoms with van der Waals surface area (Å²) in [5, 5.41) is 28.9. The number of ketones is 1. The summed E-state index contributed by atoms with van der Waals surface area (Å²) in [7, 11) is 0. The van der Waals surface area contributed by atoms with Gasteiger partial charge in [-0.05, 0) is 62.6 Å². The molecule has 0 spiro atoms. The first-order valence-corrected chi connectivity index (χ1v) is 16.9. The number of aromatic nitrogens is 1. The van der Waals surface area contributed by atoms with Crippen LogP contribution in [0.2, 0.25) is 0 Å². The molecule has 0 aliphatic rings. The molecular weight excluding hydrogens is 760 g/mol. The number of nitriles is 1. The largest absolute Gasteiger partial charge is 0.507 e. The Morgan fingerprint density at radius 3 is 2.22 bits per heavy atom. The van der Waals surface area contributed by atoms with Gasteiger partial charge in [0.1, 0.15) is 22.1 Å². The Balaban J connectivity index is -0.000000684. The molecule has 276 valence electrons. The van der Waals surface area contributed by atoms with Crippen LogP contribution in [0, 0.1) is 30.6 Å². The van der Waals surface area contributed by atoms with Crippen LogP contribution in [0.25, 0.3) is 21.5 Å². The predicted octanol–water partition coefficient (Wildman–Crippen LogP) is 7.59. The molecule has 12 nitrogen and oxygen atoms in total. The molecule has 0 bridgehead atoms. The zero-order valence-electron chi connectivity index (χ0n) is 27.4. The van der Waals surface area contributed by atoms with Crippen LogP contribution in [0.3, 0.4) is 0 Å². The molecular formula is C36H45BrN4O8S2. The number of aromatic hydroxyl groups is 1. The minimum absolute atomic E-state index is 0. The van der Waals surface area contributed by atoms with Crippen molar-refractivity contribution in [1.29, 1.82) is 10.7 Å². The number of phenols is 1. The number of nitrogens with one attached hydrogen (secondary N) is 1. The average molecular weight is 806 g/mol. The summed E-state index contributed by atoms with van der Waals surface area (Å²) in [6.07, 6.45) is 2.89. The van der Waals surface area contributed by atoms with Crippen LogP contribution in [0.4, 0.5) is 0 Å². The Labute approximate surface area is 316 Å². The highest BCUT2D eigenvalue weighted by molar-refractivity contribution is 9.09. The van der Waals surface area contributed by atoms with Gasteiger partial charge in [-0.2, -0.15) is 14.9 Å². The van der Waals surface area contributed by atoms with Crippen molar-refractivity contribution in [2.75, 3.05) is 11.9 Å². The van der Waals surface area contributed by atoms with Gasteiger partial charge >= 0.3 is 12.1 Å². The number of hydrogen-bond acceptors (Lipinski definition) is 13. The van der Waals surface area contributed by atoms with Crippen molar-refractivity contribution in [2.45, 2.75) is 68.2 Å². The van der Waals surface area contributed by atoms with Crippen molar-refractivity contribution in [3.8, 4) is 22.4 Å². The number of fused-ring (bicyclic) bond motifs is 1. The van der Waals surface area contributed by atoms with E-state index < -0.39 is 0 Å². The van der Waals surface area contributed by atoms with Crippen LogP contribution >= 0.6 is 39.5 Å². The molecule has 2 heterocycles. The van der Waals surface area contributed by atoms with Crippen molar-refractivity contribution in [3.63, 3.8) is 0 Å². The van der Waals surface area contributed by atoms with Crippen molar-refractivity contribution in [2.24, 2.45) is 5.73 Å². The minimum atomic E-state index is -0.297. The fourth-order valence-corrected chi connectivity index (χ4v) is 4.62. The lowest BCUT2D eigenvalue weighted by molar-refractivity contribution is -0.191. The molecule has 0 aliphatic carbocycles. The summed E-state index contributed by atoms with van der Waals surface area (Å²) in [5.74, 6) is 0.0478. The van der Waals surface area contributed by atoms with Gasteiger partial charge in [-0.25, -0.2) is 4.98 Å². The second-order valence-electron chi connectivity index (χ2n) is 9.64. The van der Waals surface area contributed by atoms with E-state index in [0.29, 0.717) is 57.8 Å². The third-order valence-electron chi connectivity index (χ3n) is 5.58. The number of halogens is 1. The number of phenolic OH excluding ortho intramolecular Hbond substituents is 1. The van der Waals surface area contributed by atoms with E-state index in [1.165, 1.54) is 11.3 Å². The van der Waals surface area contributed by atoms with Crippen LogP contribution in [0.15, 0.2) is 52.3 Å².